The molecule has 3 N–H and O–H groups in total. The Morgan fingerprint density at radius 3 is 2.75 bits per heavy atom. The molecule has 3 heteroatoms. The van der Waals surface area contributed by atoms with Crippen molar-refractivity contribution in [2.75, 3.05) is 0 Å². The lowest BCUT2D eigenvalue weighted by molar-refractivity contribution is -0.138. The molecule has 0 aromatic carbocycles. The molecule has 0 fully saturated rings. The van der Waals surface area contributed by atoms with Gasteiger partial charge in [-0.05, 0) is 25.2 Å². The summed E-state index contributed by atoms with van der Waals surface area (Å²) in [6.07, 6.45) is 4.27. The third-order valence-corrected chi connectivity index (χ3v) is 1.84. The molecule has 0 aromatic heterocycles. The van der Waals surface area contributed by atoms with Crippen LogP contribution in [0.25, 0.3) is 0 Å². The van der Waals surface area contributed by atoms with Crippen LogP contribution < -0.4 is 5.73 Å². The Morgan fingerprint density at radius 1 is 1.75 bits per heavy atom. The standard InChI is InChI=1S/C9H17NO2/c1-3-4-5-7(2)6-8(10)9(11)12/h3,7-8H,1,4-6,10H2,2H3,(H,11,12). The van der Waals surface area contributed by atoms with E-state index in [1.807, 2.05) is 13.0 Å². The zero-order chi connectivity index (χ0) is 9.56. The molecule has 0 saturated heterocycles. The minimum absolute atomic E-state index is 0.356. The quantitative estimate of drug-likeness (QED) is 0.593. The summed E-state index contributed by atoms with van der Waals surface area (Å²) < 4.78 is 0. The Labute approximate surface area is 73.3 Å². The van der Waals surface area contributed by atoms with Crippen molar-refractivity contribution in [1.29, 1.82) is 0 Å². The van der Waals surface area contributed by atoms with E-state index in [1.165, 1.54) is 0 Å². The van der Waals surface area contributed by atoms with Crippen molar-refractivity contribution in [2.45, 2.75) is 32.2 Å². The molecule has 0 aliphatic rings. The number of carboxylic acid groups (broad SMARTS) is 1. The van der Waals surface area contributed by atoms with Crippen molar-refractivity contribution in [3.05, 3.63) is 12.7 Å². The molecule has 0 aliphatic heterocycles. The molecule has 12 heavy (non-hydrogen) atoms. The molecule has 70 valence electrons. The fourth-order valence-corrected chi connectivity index (χ4v) is 1.05. The second-order valence-electron chi connectivity index (χ2n) is 3.15. The van der Waals surface area contributed by atoms with Crippen molar-refractivity contribution in [1.82, 2.24) is 0 Å². The smallest absolute Gasteiger partial charge is 0.320 e. The topological polar surface area (TPSA) is 63.3 Å². The van der Waals surface area contributed by atoms with Crippen molar-refractivity contribution in [3.8, 4) is 0 Å². The van der Waals surface area contributed by atoms with Crippen LogP contribution in [-0.2, 0) is 4.79 Å². The normalized spacial score (nSPS) is 15.2. The van der Waals surface area contributed by atoms with Gasteiger partial charge < -0.3 is 10.8 Å². The fourth-order valence-electron chi connectivity index (χ4n) is 1.05. The number of nitrogens with two attached hydrogens (primary N) is 1. The van der Waals surface area contributed by atoms with Crippen molar-refractivity contribution < 1.29 is 9.90 Å². The lowest BCUT2D eigenvalue weighted by atomic mass is 9.97. The van der Waals surface area contributed by atoms with Gasteiger partial charge in [-0.25, -0.2) is 0 Å². The summed E-state index contributed by atoms with van der Waals surface area (Å²) in [4.78, 5) is 10.4. The van der Waals surface area contributed by atoms with Gasteiger partial charge in [0, 0.05) is 0 Å². The first-order valence-electron chi connectivity index (χ1n) is 4.17. The maximum absolute atomic E-state index is 10.4. The van der Waals surface area contributed by atoms with Crippen LogP contribution in [0.15, 0.2) is 12.7 Å². The lowest BCUT2D eigenvalue weighted by Crippen LogP contribution is -2.31. The minimum atomic E-state index is -0.916. The second kappa shape index (κ2) is 5.77. The Bertz CT molecular complexity index is 157. The molecule has 3 nitrogen and oxygen atoms in total. The molecule has 0 heterocycles. The molecule has 2 atom stereocenters. The maximum atomic E-state index is 10.4. The van der Waals surface area contributed by atoms with Gasteiger partial charge in [0.1, 0.15) is 6.04 Å². The van der Waals surface area contributed by atoms with Gasteiger partial charge in [-0.2, -0.15) is 0 Å². The molecule has 0 saturated carbocycles. The van der Waals surface area contributed by atoms with E-state index in [-0.39, 0.29) is 0 Å². The number of hydrogen-bond donors (Lipinski definition) is 2. The average Bonchev–Trinajstić information content (AvgIpc) is 2.00. The summed E-state index contributed by atoms with van der Waals surface area (Å²) in [6.45, 7) is 5.61. The van der Waals surface area contributed by atoms with E-state index in [1.54, 1.807) is 0 Å². The van der Waals surface area contributed by atoms with Gasteiger partial charge >= 0.3 is 5.97 Å². The lowest BCUT2D eigenvalue weighted by Gasteiger charge is -2.12. The number of allylic oxidation sites excluding steroid dienone is 1. The first kappa shape index (κ1) is 11.2. The van der Waals surface area contributed by atoms with Gasteiger partial charge in [-0.15, -0.1) is 6.58 Å². The Balaban J connectivity index is 3.60. The zero-order valence-corrected chi connectivity index (χ0v) is 7.49. The predicted molar refractivity (Wildman–Crippen MR) is 48.8 cm³/mol. The molecule has 0 bridgehead atoms. The largest absolute Gasteiger partial charge is 0.480 e. The van der Waals surface area contributed by atoms with Gasteiger partial charge in [0.05, 0.1) is 0 Å². The number of carboxylic acids is 1. The minimum Gasteiger partial charge on any atom is -0.480 e. The molecule has 0 aliphatic carbocycles. The second-order valence-corrected chi connectivity index (χ2v) is 3.15. The van der Waals surface area contributed by atoms with Crippen molar-refractivity contribution in [3.63, 3.8) is 0 Å². The van der Waals surface area contributed by atoms with Gasteiger partial charge in [-0.1, -0.05) is 13.0 Å². The van der Waals surface area contributed by atoms with Crippen molar-refractivity contribution >= 4 is 5.97 Å². The van der Waals surface area contributed by atoms with E-state index in [4.69, 9.17) is 10.8 Å². The van der Waals surface area contributed by atoms with Gasteiger partial charge in [0.25, 0.3) is 0 Å². The molecule has 0 aromatic rings. The van der Waals surface area contributed by atoms with Gasteiger partial charge in [0.2, 0.25) is 0 Å². The summed E-state index contributed by atoms with van der Waals surface area (Å²) in [6, 6.07) is -0.718. The highest BCUT2D eigenvalue weighted by molar-refractivity contribution is 5.72. The molecule has 0 rings (SSSR count). The van der Waals surface area contributed by atoms with E-state index in [0.717, 1.165) is 12.8 Å². The van der Waals surface area contributed by atoms with Crippen LogP contribution in [0.4, 0.5) is 0 Å². The van der Waals surface area contributed by atoms with Crippen LogP contribution in [0.2, 0.25) is 0 Å². The fraction of sp³-hybridized carbons (Fsp3) is 0.667. The number of aliphatic carboxylic acids is 1. The molecule has 0 radical (unpaired) electrons. The van der Waals surface area contributed by atoms with E-state index in [9.17, 15) is 4.79 Å². The Kier molecular flexibility index (Phi) is 5.37. The third-order valence-electron chi connectivity index (χ3n) is 1.84. The summed E-state index contributed by atoms with van der Waals surface area (Å²) in [5, 5.41) is 8.51. The summed E-state index contributed by atoms with van der Waals surface area (Å²) in [5.74, 6) is -0.561. The predicted octanol–water partition coefficient (Wildman–Crippen LogP) is 1.39. The van der Waals surface area contributed by atoms with Crippen LogP contribution in [0.1, 0.15) is 26.2 Å². The summed E-state index contributed by atoms with van der Waals surface area (Å²) in [7, 11) is 0. The van der Waals surface area contributed by atoms with Crippen LogP contribution in [0.3, 0.4) is 0 Å². The van der Waals surface area contributed by atoms with Crippen molar-refractivity contribution in [2.24, 2.45) is 11.7 Å². The Morgan fingerprint density at radius 2 is 2.33 bits per heavy atom. The Hall–Kier alpha value is -0.830. The van der Waals surface area contributed by atoms with E-state index < -0.39 is 12.0 Å². The molecule has 2 unspecified atom stereocenters. The SMILES string of the molecule is C=CCCC(C)CC(N)C(=O)O. The highest BCUT2D eigenvalue weighted by Crippen LogP contribution is 2.11. The first-order valence-corrected chi connectivity index (χ1v) is 4.17. The van der Waals surface area contributed by atoms with E-state index in [0.29, 0.717) is 12.3 Å². The van der Waals surface area contributed by atoms with Crippen LogP contribution in [-0.4, -0.2) is 17.1 Å². The summed E-state index contributed by atoms with van der Waals surface area (Å²) in [5.41, 5.74) is 5.36. The highest BCUT2D eigenvalue weighted by Gasteiger charge is 2.14. The maximum Gasteiger partial charge on any atom is 0.320 e. The monoisotopic (exact) mass is 171 g/mol. The van der Waals surface area contributed by atoms with Crippen LogP contribution in [0.5, 0.6) is 0 Å². The van der Waals surface area contributed by atoms with Crippen LogP contribution >= 0.6 is 0 Å². The first-order chi connectivity index (χ1) is 5.57. The molecular formula is C9H17NO2. The number of carbonyl (C=O) groups is 1. The highest BCUT2D eigenvalue weighted by atomic mass is 16.4. The average molecular weight is 171 g/mol. The van der Waals surface area contributed by atoms with E-state index >= 15 is 0 Å². The number of rotatable bonds is 6. The zero-order valence-electron chi connectivity index (χ0n) is 7.49. The van der Waals surface area contributed by atoms with Gasteiger partial charge in [0.15, 0.2) is 0 Å². The molecule has 0 spiro atoms. The van der Waals surface area contributed by atoms with E-state index in [2.05, 4.69) is 6.58 Å². The molecular weight excluding hydrogens is 154 g/mol. The van der Waals surface area contributed by atoms with Crippen LogP contribution in [0, 0.1) is 5.92 Å². The third kappa shape index (κ3) is 4.91. The summed E-state index contributed by atoms with van der Waals surface area (Å²) >= 11 is 0. The van der Waals surface area contributed by atoms with Gasteiger partial charge in [-0.3, -0.25) is 4.79 Å². The number of hydrogen-bond acceptors (Lipinski definition) is 2. The molecule has 0 amide bonds.